The zero-order chi connectivity index (χ0) is 25.7. The number of Topliss-reactive ketones (excluding diaryl/α,β-unsaturated/α-hetero) is 1. The van der Waals surface area contributed by atoms with E-state index in [-0.39, 0.29) is 11.3 Å². The van der Waals surface area contributed by atoms with Crippen molar-refractivity contribution in [3.8, 4) is 11.5 Å². The van der Waals surface area contributed by atoms with Gasteiger partial charge in [0.1, 0.15) is 5.76 Å². The second-order valence-corrected chi connectivity index (χ2v) is 8.77. The molecule has 188 valence electrons. The predicted octanol–water partition coefficient (Wildman–Crippen LogP) is 4.47. The van der Waals surface area contributed by atoms with Gasteiger partial charge in [0.05, 0.1) is 25.8 Å². The lowest BCUT2D eigenvalue weighted by atomic mass is 9.92. The molecule has 7 nitrogen and oxygen atoms in total. The van der Waals surface area contributed by atoms with E-state index < -0.39 is 17.7 Å². The minimum atomic E-state index is -0.795. The second-order valence-electron chi connectivity index (χ2n) is 8.77. The number of rotatable bonds is 10. The molecule has 0 radical (unpaired) electrons. The average Bonchev–Trinajstić information content (AvgIpc) is 3.11. The molecule has 1 heterocycles. The van der Waals surface area contributed by atoms with Gasteiger partial charge in [-0.15, -0.1) is 0 Å². The van der Waals surface area contributed by atoms with Crippen LogP contribution in [0.4, 0.5) is 0 Å². The van der Waals surface area contributed by atoms with Crippen LogP contribution in [0.2, 0.25) is 0 Å². The SMILES string of the molecule is CCN(CC)CCCN1C(=O)C(=O)/C(=C(/O)c2cc(C)ccc2C)C1c1cccc(OC)c1OC. The van der Waals surface area contributed by atoms with Crippen molar-refractivity contribution in [2.24, 2.45) is 0 Å². The summed E-state index contributed by atoms with van der Waals surface area (Å²) in [5.74, 6) is -0.564. The van der Waals surface area contributed by atoms with Crippen LogP contribution in [0.1, 0.15) is 48.6 Å². The highest BCUT2D eigenvalue weighted by atomic mass is 16.5. The molecular weight excluding hydrogens is 444 g/mol. The molecule has 0 aliphatic carbocycles. The van der Waals surface area contributed by atoms with Crippen molar-refractivity contribution in [1.29, 1.82) is 0 Å². The number of aliphatic hydroxyl groups excluding tert-OH is 1. The van der Waals surface area contributed by atoms with E-state index in [0.29, 0.717) is 35.6 Å². The van der Waals surface area contributed by atoms with E-state index in [9.17, 15) is 14.7 Å². The van der Waals surface area contributed by atoms with E-state index in [2.05, 4.69) is 18.7 Å². The maximum Gasteiger partial charge on any atom is 0.295 e. The van der Waals surface area contributed by atoms with Gasteiger partial charge in [-0.3, -0.25) is 9.59 Å². The zero-order valence-electron chi connectivity index (χ0n) is 21.6. The predicted molar refractivity (Wildman–Crippen MR) is 137 cm³/mol. The number of ketones is 1. The van der Waals surface area contributed by atoms with E-state index in [1.54, 1.807) is 24.1 Å². The minimum Gasteiger partial charge on any atom is -0.507 e. The molecule has 7 heteroatoms. The fourth-order valence-electron chi connectivity index (χ4n) is 4.70. The number of carbonyl (C=O) groups is 2. The number of aliphatic hydroxyl groups is 1. The lowest BCUT2D eigenvalue weighted by Crippen LogP contribution is -2.33. The molecule has 1 unspecified atom stereocenters. The normalized spacial score (nSPS) is 17.3. The quantitative estimate of drug-likeness (QED) is 0.307. The van der Waals surface area contributed by atoms with Gasteiger partial charge in [-0.25, -0.2) is 0 Å². The molecule has 0 bridgehead atoms. The summed E-state index contributed by atoms with van der Waals surface area (Å²) in [7, 11) is 3.07. The highest BCUT2D eigenvalue weighted by Crippen LogP contribution is 2.45. The molecule has 0 spiro atoms. The Hall–Kier alpha value is -3.32. The second kappa shape index (κ2) is 11.4. The molecule has 3 rings (SSSR count). The number of carbonyl (C=O) groups excluding carboxylic acids is 2. The highest BCUT2D eigenvalue weighted by Gasteiger charge is 2.47. The van der Waals surface area contributed by atoms with Crippen molar-refractivity contribution < 1.29 is 24.2 Å². The number of hydrogen-bond acceptors (Lipinski definition) is 6. The van der Waals surface area contributed by atoms with Gasteiger partial charge < -0.3 is 24.4 Å². The summed E-state index contributed by atoms with van der Waals surface area (Å²) in [5, 5.41) is 11.4. The molecule has 2 aromatic rings. The first-order valence-corrected chi connectivity index (χ1v) is 12.1. The molecule has 35 heavy (non-hydrogen) atoms. The molecule has 1 aliphatic rings. The first-order chi connectivity index (χ1) is 16.8. The van der Waals surface area contributed by atoms with Gasteiger partial charge in [0, 0.05) is 17.7 Å². The standard InChI is InChI=1S/C28H36N2O5/c1-7-29(8-2)15-10-16-30-24(20-11-9-12-22(34-5)27(20)35-6)23(26(32)28(30)33)25(31)21-17-18(3)13-14-19(21)4/h9,11-14,17,24,31H,7-8,10,15-16H2,1-6H3/b25-23+. The smallest absolute Gasteiger partial charge is 0.295 e. The van der Waals surface area contributed by atoms with E-state index in [1.165, 1.54) is 7.11 Å². The summed E-state index contributed by atoms with van der Waals surface area (Å²) in [5.41, 5.74) is 2.97. The van der Waals surface area contributed by atoms with Crippen molar-refractivity contribution in [2.75, 3.05) is 40.4 Å². The number of hydrogen-bond donors (Lipinski definition) is 1. The Kier molecular flexibility index (Phi) is 8.57. The maximum atomic E-state index is 13.4. The van der Waals surface area contributed by atoms with Gasteiger partial charge >= 0.3 is 0 Å². The van der Waals surface area contributed by atoms with Crippen LogP contribution in [0.15, 0.2) is 42.0 Å². The van der Waals surface area contributed by atoms with Crippen LogP contribution >= 0.6 is 0 Å². The van der Waals surface area contributed by atoms with Crippen LogP contribution in [-0.4, -0.2) is 67.0 Å². The van der Waals surface area contributed by atoms with E-state index >= 15 is 0 Å². The van der Waals surface area contributed by atoms with E-state index in [4.69, 9.17) is 9.47 Å². The van der Waals surface area contributed by atoms with Crippen LogP contribution in [0, 0.1) is 13.8 Å². The molecular formula is C28H36N2O5. The molecule has 1 atom stereocenters. The topological polar surface area (TPSA) is 79.3 Å². The molecule has 1 N–H and O–H groups in total. The Morgan fingerprint density at radius 3 is 2.40 bits per heavy atom. The van der Waals surface area contributed by atoms with Crippen molar-refractivity contribution >= 4 is 17.4 Å². The van der Waals surface area contributed by atoms with Crippen LogP contribution in [0.25, 0.3) is 5.76 Å². The number of ether oxygens (including phenoxy) is 2. The van der Waals surface area contributed by atoms with Crippen molar-refractivity contribution in [3.05, 3.63) is 64.2 Å². The number of aryl methyl sites for hydroxylation is 2. The third-order valence-electron chi connectivity index (χ3n) is 6.68. The van der Waals surface area contributed by atoms with Crippen molar-refractivity contribution in [3.63, 3.8) is 0 Å². The summed E-state index contributed by atoms with van der Waals surface area (Å²) in [4.78, 5) is 30.5. The number of methoxy groups -OCH3 is 2. The molecule has 1 fully saturated rings. The third-order valence-corrected chi connectivity index (χ3v) is 6.68. The van der Waals surface area contributed by atoms with E-state index in [1.807, 2.05) is 38.1 Å². The molecule has 2 aromatic carbocycles. The Bertz CT molecular complexity index is 1120. The average molecular weight is 481 g/mol. The first kappa shape index (κ1) is 26.3. The van der Waals surface area contributed by atoms with Crippen LogP contribution < -0.4 is 9.47 Å². The molecule has 1 amide bonds. The number of likely N-dealkylation sites (tertiary alicyclic amines) is 1. The Labute approximate surface area is 207 Å². The van der Waals surface area contributed by atoms with E-state index in [0.717, 1.165) is 30.8 Å². The van der Waals surface area contributed by atoms with Gasteiger partial charge in [-0.05, 0) is 57.6 Å². The molecule has 1 aliphatic heterocycles. The summed E-state index contributed by atoms with van der Waals surface area (Å²) < 4.78 is 11.1. The van der Waals surface area contributed by atoms with Crippen LogP contribution in [0.5, 0.6) is 11.5 Å². The Morgan fingerprint density at radius 2 is 1.77 bits per heavy atom. The molecule has 0 saturated carbocycles. The van der Waals surface area contributed by atoms with Crippen LogP contribution in [0.3, 0.4) is 0 Å². The summed E-state index contributed by atoms with van der Waals surface area (Å²) >= 11 is 0. The maximum absolute atomic E-state index is 13.4. The number of para-hydroxylation sites is 1. The Morgan fingerprint density at radius 1 is 1.06 bits per heavy atom. The van der Waals surface area contributed by atoms with Gasteiger partial charge in [0.2, 0.25) is 0 Å². The lowest BCUT2D eigenvalue weighted by Gasteiger charge is -2.28. The number of benzene rings is 2. The van der Waals surface area contributed by atoms with Gasteiger partial charge in [0.15, 0.2) is 11.5 Å². The van der Waals surface area contributed by atoms with Crippen LogP contribution in [-0.2, 0) is 9.59 Å². The minimum absolute atomic E-state index is 0.0677. The summed E-state index contributed by atoms with van der Waals surface area (Å²) in [6.07, 6.45) is 0.695. The van der Waals surface area contributed by atoms with Gasteiger partial charge in [0.25, 0.3) is 11.7 Å². The lowest BCUT2D eigenvalue weighted by molar-refractivity contribution is -0.140. The third kappa shape index (κ3) is 5.20. The van der Waals surface area contributed by atoms with Crippen molar-refractivity contribution in [1.82, 2.24) is 9.80 Å². The number of nitrogens with zero attached hydrogens (tertiary/aromatic N) is 2. The number of amides is 1. The summed E-state index contributed by atoms with van der Waals surface area (Å²) in [6, 6.07) is 10.2. The largest absolute Gasteiger partial charge is 0.507 e. The zero-order valence-corrected chi connectivity index (χ0v) is 21.6. The fraction of sp³-hybridized carbons (Fsp3) is 0.429. The van der Waals surface area contributed by atoms with Gasteiger partial charge in [-0.1, -0.05) is 43.7 Å². The molecule has 0 aromatic heterocycles. The van der Waals surface area contributed by atoms with Crippen molar-refractivity contribution in [2.45, 2.75) is 40.2 Å². The monoisotopic (exact) mass is 480 g/mol. The first-order valence-electron chi connectivity index (χ1n) is 12.1. The molecule has 1 saturated heterocycles. The van der Waals surface area contributed by atoms with Gasteiger partial charge in [-0.2, -0.15) is 0 Å². The fourth-order valence-corrected chi connectivity index (χ4v) is 4.70. The Balaban J connectivity index is 2.18. The summed E-state index contributed by atoms with van der Waals surface area (Å²) in [6.45, 7) is 11.0. The highest BCUT2D eigenvalue weighted by molar-refractivity contribution is 6.46.